The van der Waals surface area contributed by atoms with Gasteiger partial charge in [-0.2, -0.15) is 0 Å². The van der Waals surface area contributed by atoms with Crippen LogP contribution in [0.25, 0.3) is 0 Å². The van der Waals surface area contributed by atoms with Gasteiger partial charge >= 0.3 is 111 Å². The molecular formula is C21H38O2SSn. The first-order chi connectivity index (χ1) is 11.7. The number of unbranched alkanes of at least 4 members (excludes halogenated alkanes) is 8. The third-order valence-corrected chi connectivity index (χ3v) is 11.8. The SMILES string of the molecule is Cc1ccc(S(=O)(=O)CCCCCCCCCC[CH2][Sn]([CH3])([CH3])[CH3])cc1. The number of aryl methyl sites for hydroxylation is 1. The minimum Gasteiger partial charge on any atom is -0.0580 e. The second-order valence-electron chi connectivity index (χ2n) is 8.62. The maximum Gasteiger partial charge on any atom is -0.0433 e. The Morgan fingerprint density at radius 1 is 0.720 bits per heavy atom. The predicted octanol–water partition coefficient (Wildman–Crippen LogP) is 6.62. The van der Waals surface area contributed by atoms with Gasteiger partial charge in [0.05, 0.1) is 4.90 Å². The van der Waals surface area contributed by atoms with Crippen LogP contribution in [0.1, 0.15) is 63.4 Å². The molecule has 0 fully saturated rings. The van der Waals surface area contributed by atoms with Gasteiger partial charge in [-0.25, -0.2) is 8.42 Å². The van der Waals surface area contributed by atoms with E-state index in [0.29, 0.717) is 4.90 Å². The third kappa shape index (κ3) is 11.3. The molecule has 1 rings (SSSR count). The van der Waals surface area contributed by atoms with Crippen LogP contribution in [0.3, 0.4) is 0 Å². The third-order valence-electron chi connectivity index (χ3n) is 4.72. The van der Waals surface area contributed by atoms with Crippen molar-refractivity contribution in [2.75, 3.05) is 5.75 Å². The standard InChI is InChI=1S/C18H29O2S.3CH3.Sn/c1-3-4-5-6-7-8-9-10-11-16-21(19,20)18-14-12-17(2)13-15-18;;;;/h12-15H,1,3-11,16H2,2H3;3*1H3;. The normalized spacial score (nSPS) is 12.5. The van der Waals surface area contributed by atoms with Crippen LogP contribution in [0.4, 0.5) is 0 Å². The van der Waals surface area contributed by atoms with E-state index in [1.807, 2.05) is 19.1 Å². The second-order valence-corrected chi connectivity index (χ2v) is 26.8. The summed E-state index contributed by atoms with van der Waals surface area (Å²) in [7, 11) is -3.09. The Labute approximate surface area is 160 Å². The Hall–Kier alpha value is -0.0313. The molecule has 0 spiro atoms. The summed E-state index contributed by atoms with van der Waals surface area (Å²) < 4.78 is 26.0. The molecule has 0 bridgehead atoms. The largest absolute Gasteiger partial charge is 0.0580 e. The molecule has 1 aromatic carbocycles. The molecule has 0 aliphatic carbocycles. The van der Waals surface area contributed by atoms with Crippen LogP contribution in [0.2, 0.25) is 19.3 Å². The molecule has 0 N–H and O–H groups in total. The molecule has 1 aromatic rings. The van der Waals surface area contributed by atoms with Crippen molar-refractivity contribution in [3.8, 4) is 0 Å². The van der Waals surface area contributed by atoms with Crippen molar-refractivity contribution >= 4 is 28.2 Å². The van der Waals surface area contributed by atoms with Crippen LogP contribution in [0.5, 0.6) is 0 Å². The molecule has 0 amide bonds. The zero-order valence-corrected chi connectivity index (χ0v) is 20.5. The molecule has 4 heteroatoms. The molecule has 144 valence electrons. The van der Waals surface area contributed by atoms with E-state index in [4.69, 9.17) is 0 Å². The fourth-order valence-corrected chi connectivity index (χ4v) is 8.16. The first-order valence-electron chi connectivity index (χ1n) is 10.0. The van der Waals surface area contributed by atoms with E-state index in [1.54, 1.807) is 12.1 Å². The Kier molecular flexibility index (Phi) is 10.7. The molecule has 25 heavy (non-hydrogen) atoms. The Morgan fingerprint density at radius 3 is 1.64 bits per heavy atom. The first kappa shape index (κ1) is 23.0. The number of hydrogen-bond acceptors (Lipinski definition) is 2. The van der Waals surface area contributed by atoms with Crippen LogP contribution < -0.4 is 0 Å². The molecule has 0 saturated heterocycles. The molecule has 0 aliphatic rings. The molecule has 0 aromatic heterocycles. The molecule has 0 atom stereocenters. The van der Waals surface area contributed by atoms with Crippen molar-refractivity contribution in [2.24, 2.45) is 0 Å². The summed E-state index contributed by atoms with van der Waals surface area (Å²) in [5.74, 6) is 0.286. The van der Waals surface area contributed by atoms with E-state index in [0.717, 1.165) is 18.4 Å². The van der Waals surface area contributed by atoms with Crippen LogP contribution in [0.15, 0.2) is 29.2 Å². The number of rotatable bonds is 13. The van der Waals surface area contributed by atoms with Gasteiger partial charge in [0.25, 0.3) is 0 Å². The summed E-state index contributed by atoms with van der Waals surface area (Å²) in [6.45, 7) is 1.98. The zero-order chi connectivity index (χ0) is 18.8. The van der Waals surface area contributed by atoms with Crippen molar-refractivity contribution < 1.29 is 8.42 Å². The van der Waals surface area contributed by atoms with Crippen LogP contribution in [-0.4, -0.2) is 32.5 Å². The van der Waals surface area contributed by atoms with Gasteiger partial charge in [0.2, 0.25) is 0 Å². The Balaban J connectivity index is 2.02. The number of sulfone groups is 1. The van der Waals surface area contributed by atoms with Gasteiger partial charge < -0.3 is 0 Å². The summed E-state index contributed by atoms with van der Waals surface area (Å²) in [6.07, 6.45) is 11.1. The van der Waals surface area contributed by atoms with Gasteiger partial charge in [0.15, 0.2) is 0 Å². The second kappa shape index (κ2) is 11.6. The minimum absolute atomic E-state index is 0.286. The summed E-state index contributed by atoms with van der Waals surface area (Å²) in [4.78, 5) is 8.03. The van der Waals surface area contributed by atoms with E-state index in [-0.39, 0.29) is 5.75 Å². The van der Waals surface area contributed by atoms with Gasteiger partial charge in [0, 0.05) is 0 Å². The molecular weight excluding hydrogens is 435 g/mol. The fraction of sp³-hybridized carbons (Fsp3) is 0.714. The summed E-state index contributed by atoms with van der Waals surface area (Å²) >= 11 is -1.51. The monoisotopic (exact) mass is 474 g/mol. The number of hydrogen-bond donors (Lipinski definition) is 0. The maximum absolute atomic E-state index is 12.3. The smallest absolute Gasteiger partial charge is 0.0433 e. The molecule has 0 aliphatic heterocycles. The van der Waals surface area contributed by atoms with E-state index in [1.165, 1.54) is 49.4 Å². The first-order valence-corrected chi connectivity index (χ1v) is 22.2. The van der Waals surface area contributed by atoms with Crippen molar-refractivity contribution in [3.05, 3.63) is 29.8 Å². The topological polar surface area (TPSA) is 34.1 Å². The zero-order valence-electron chi connectivity index (χ0n) is 16.8. The van der Waals surface area contributed by atoms with Gasteiger partial charge in [0.1, 0.15) is 0 Å². The fourth-order valence-electron chi connectivity index (χ4n) is 3.05. The Morgan fingerprint density at radius 2 is 1.16 bits per heavy atom. The quantitative estimate of drug-likeness (QED) is 0.239. The minimum atomic E-state index is -3.09. The molecule has 0 heterocycles. The Bertz CT molecular complexity index is 571. The van der Waals surface area contributed by atoms with E-state index >= 15 is 0 Å². The predicted molar refractivity (Wildman–Crippen MR) is 113 cm³/mol. The molecule has 0 saturated carbocycles. The van der Waals surface area contributed by atoms with E-state index in [2.05, 4.69) is 14.8 Å². The average Bonchev–Trinajstić information content (AvgIpc) is 2.52. The summed E-state index contributed by atoms with van der Waals surface area (Å²) in [6, 6.07) is 7.21. The average molecular weight is 473 g/mol. The van der Waals surface area contributed by atoms with Crippen molar-refractivity contribution in [3.63, 3.8) is 0 Å². The van der Waals surface area contributed by atoms with Crippen molar-refractivity contribution in [1.82, 2.24) is 0 Å². The van der Waals surface area contributed by atoms with Crippen LogP contribution >= 0.6 is 0 Å². The molecule has 0 unspecified atom stereocenters. The van der Waals surface area contributed by atoms with E-state index < -0.39 is 28.2 Å². The maximum atomic E-state index is 12.3. The number of benzene rings is 1. The summed E-state index contributed by atoms with van der Waals surface area (Å²) in [5, 5.41) is 0. The van der Waals surface area contributed by atoms with Gasteiger partial charge in [-0.1, -0.05) is 17.7 Å². The van der Waals surface area contributed by atoms with Gasteiger partial charge in [-0.15, -0.1) is 0 Å². The van der Waals surface area contributed by atoms with Crippen molar-refractivity contribution in [2.45, 2.75) is 88.9 Å². The van der Waals surface area contributed by atoms with Crippen molar-refractivity contribution in [1.29, 1.82) is 0 Å². The van der Waals surface area contributed by atoms with E-state index in [9.17, 15) is 8.42 Å². The van der Waals surface area contributed by atoms with Gasteiger partial charge in [-0.05, 0) is 19.1 Å². The van der Waals surface area contributed by atoms with Gasteiger partial charge in [-0.3, -0.25) is 0 Å². The van der Waals surface area contributed by atoms with Crippen LogP contribution in [-0.2, 0) is 9.84 Å². The molecule has 0 radical (unpaired) electrons. The molecule has 2 nitrogen and oxygen atoms in total. The van der Waals surface area contributed by atoms with Crippen LogP contribution in [0, 0.1) is 6.92 Å². The summed E-state index contributed by atoms with van der Waals surface area (Å²) in [5.41, 5.74) is 1.10.